The van der Waals surface area contributed by atoms with Crippen LogP contribution in [0.4, 0.5) is 5.69 Å². The van der Waals surface area contributed by atoms with Gasteiger partial charge < -0.3 is 14.4 Å². The van der Waals surface area contributed by atoms with Crippen LogP contribution in [0, 0.1) is 0 Å². The first kappa shape index (κ1) is 19.7. The zero-order valence-electron chi connectivity index (χ0n) is 16.5. The number of methoxy groups -OCH3 is 1. The van der Waals surface area contributed by atoms with Gasteiger partial charge in [-0.15, -0.1) is 0 Å². The number of hydrogen-bond acceptors (Lipinski definition) is 6. The van der Waals surface area contributed by atoms with Crippen molar-refractivity contribution >= 4 is 21.6 Å². The van der Waals surface area contributed by atoms with E-state index in [1.165, 1.54) is 19.2 Å². The first-order valence-electron chi connectivity index (χ1n) is 9.59. The number of nitrogens with zero attached hydrogens (tertiary/aromatic N) is 2. The molecule has 0 aliphatic carbocycles. The maximum Gasteiger partial charge on any atom is 0.269 e. The van der Waals surface area contributed by atoms with Gasteiger partial charge in [-0.2, -0.15) is 0 Å². The highest BCUT2D eigenvalue weighted by Crippen LogP contribution is 2.35. The molecule has 1 saturated heterocycles. The molecule has 4 rings (SSSR count). The number of ether oxygens (including phenoxy) is 2. The number of amides is 1. The molecular weight excluding hydrogens is 392 g/mol. The zero-order chi connectivity index (χ0) is 20.6. The van der Waals surface area contributed by atoms with Crippen LogP contribution in [-0.2, 0) is 14.8 Å². The molecule has 0 aromatic heterocycles. The number of fused-ring (bicyclic) bond motifs is 1. The molecule has 0 radical (unpaired) electrons. The molecule has 1 fully saturated rings. The minimum atomic E-state index is -3.88. The standard InChI is InChI=1S/C21H24N2O5S/c1-15(16-4-3-5-17(12-16)22-8-10-28-11-9-22)14-23-21(24)19-7-6-18(27-2)13-20(19)29(23,25)26/h3-7,12-13,15H,8-11,14H2,1-2H3. The lowest BCUT2D eigenvalue weighted by atomic mass is 10.00. The predicted octanol–water partition coefficient (Wildman–Crippen LogP) is 2.48. The molecule has 154 valence electrons. The minimum absolute atomic E-state index is 0.0103. The molecule has 29 heavy (non-hydrogen) atoms. The van der Waals surface area contributed by atoms with Gasteiger partial charge in [-0.1, -0.05) is 19.1 Å². The van der Waals surface area contributed by atoms with E-state index in [0.29, 0.717) is 19.0 Å². The number of carbonyl (C=O) groups is 1. The summed E-state index contributed by atoms with van der Waals surface area (Å²) < 4.78 is 37.4. The van der Waals surface area contributed by atoms with E-state index >= 15 is 0 Å². The molecule has 0 saturated carbocycles. The van der Waals surface area contributed by atoms with Crippen LogP contribution < -0.4 is 9.64 Å². The molecule has 2 aliphatic heterocycles. The Labute approximate surface area is 170 Å². The van der Waals surface area contributed by atoms with Gasteiger partial charge in [-0.05, 0) is 35.7 Å². The quantitative estimate of drug-likeness (QED) is 0.745. The van der Waals surface area contributed by atoms with Crippen molar-refractivity contribution in [3.63, 3.8) is 0 Å². The van der Waals surface area contributed by atoms with Crippen LogP contribution in [0.2, 0.25) is 0 Å². The van der Waals surface area contributed by atoms with Gasteiger partial charge in [-0.25, -0.2) is 12.7 Å². The molecule has 2 aromatic rings. The van der Waals surface area contributed by atoms with Crippen LogP contribution in [-0.4, -0.2) is 58.6 Å². The maximum atomic E-state index is 13.0. The van der Waals surface area contributed by atoms with Crippen molar-refractivity contribution in [2.75, 3.05) is 44.9 Å². The summed E-state index contributed by atoms with van der Waals surface area (Å²) in [6.45, 7) is 5.07. The highest BCUT2D eigenvalue weighted by Gasteiger charge is 2.42. The van der Waals surface area contributed by atoms with Crippen molar-refractivity contribution in [3.8, 4) is 5.75 Å². The maximum absolute atomic E-state index is 13.0. The molecule has 2 heterocycles. The number of anilines is 1. The van der Waals surface area contributed by atoms with Crippen molar-refractivity contribution in [1.82, 2.24) is 4.31 Å². The normalized spacial score (nSPS) is 19.2. The fraction of sp³-hybridized carbons (Fsp3) is 0.381. The lowest BCUT2D eigenvalue weighted by Crippen LogP contribution is -2.36. The van der Waals surface area contributed by atoms with E-state index in [9.17, 15) is 13.2 Å². The Morgan fingerprint density at radius 1 is 1.14 bits per heavy atom. The number of benzene rings is 2. The van der Waals surface area contributed by atoms with Crippen molar-refractivity contribution in [3.05, 3.63) is 53.6 Å². The van der Waals surface area contributed by atoms with E-state index in [-0.39, 0.29) is 22.9 Å². The van der Waals surface area contributed by atoms with Gasteiger partial charge in [0.2, 0.25) is 0 Å². The molecule has 1 amide bonds. The van der Waals surface area contributed by atoms with Crippen molar-refractivity contribution < 1.29 is 22.7 Å². The van der Waals surface area contributed by atoms with E-state index in [1.807, 2.05) is 25.1 Å². The lowest BCUT2D eigenvalue weighted by molar-refractivity contribution is 0.0866. The first-order chi connectivity index (χ1) is 13.9. The number of rotatable bonds is 5. The van der Waals surface area contributed by atoms with Crippen molar-refractivity contribution in [2.24, 2.45) is 0 Å². The van der Waals surface area contributed by atoms with Gasteiger partial charge in [0.1, 0.15) is 10.6 Å². The molecule has 0 N–H and O–H groups in total. The lowest BCUT2D eigenvalue weighted by Gasteiger charge is -2.29. The monoisotopic (exact) mass is 416 g/mol. The van der Waals surface area contributed by atoms with E-state index in [0.717, 1.165) is 28.6 Å². The van der Waals surface area contributed by atoms with Crippen LogP contribution >= 0.6 is 0 Å². The fourth-order valence-corrected chi connectivity index (χ4v) is 5.44. The topological polar surface area (TPSA) is 76.2 Å². The molecule has 7 nitrogen and oxygen atoms in total. The molecule has 1 atom stereocenters. The second kappa shape index (κ2) is 7.68. The molecule has 0 spiro atoms. The Kier molecular flexibility index (Phi) is 5.23. The second-order valence-corrected chi connectivity index (χ2v) is 9.13. The Bertz CT molecular complexity index is 1030. The second-order valence-electron chi connectivity index (χ2n) is 7.30. The number of carbonyl (C=O) groups excluding carboxylic acids is 1. The number of morpholine rings is 1. The van der Waals surface area contributed by atoms with Gasteiger partial charge in [0.15, 0.2) is 0 Å². The summed E-state index contributed by atoms with van der Waals surface area (Å²) in [6.07, 6.45) is 0. The average Bonchev–Trinajstić information content (AvgIpc) is 2.94. The van der Waals surface area contributed by atoms with Crippen LogP contribution in [0.1, 0.15) is 28.8 Å². The predicted molar refractivity (Wildman–Crippen MR) is 109 cm³/mol. The summed E-state index contributed by atoms with van der Waals surface area (Å²) >= 11 is 0. The molecule has 2 aromatic carbocycles. The van der Waals surface area contributed by atoms with E-state index in [4.69, 9.17) is 9.47 Å². The third kappa shape index (κ3) is 3.58. The summed E-state index contributed by atoms with van der Waals surface area (Å²) in [7, 11) is -2.42. The largest absolute Gasteiger partial charge is 0.497 e. The van der Waals surface area contributed by atoms with Gasteiger partial charge in [0.05, 0.1) is 25.9 Å². The third-order valence-corrected chi connectivity index (χ3v) is 7.26. The highest BCUT2D eigenvalue weighted by molar-refractivity contribution is 7.90. The van der Waals surface area contributed by atoms with Gasteiger partial charge in [-0.3, -0.25) is 4.79 Å². The van der Waals surface area contributed by atoms with E-state index in [1.54, 1.807) is 6.07 Å². The molecule has 8 heteroatoms. The smallest absolute Gasteiger partial charge is 0.269 e. The SMILES string of the molecule is COc1ccc2c(c1)S(=O)(=O)N(CC(C)c1cccc(N3CCOCC3)c1)C2=O. The van der Waals surface area contributed by atoms with Crippen molar-refractivity contribution in [2.45, 2.75) is 17.7 Å². The number of hydrogen-bond donors (Lipinski definition) is 0. The Hall–Kier alpha value is -2.58. The Morgan fingerprint density at radius 2 is 1.90 bits per heavy atom. The molecule has 1 unspecified atom stereocenters. The summed E-state index contributed by atoms with van der Waals surface area (Å²) in [5, 5.41) is 0. The van der Waals surface area contributed by atoms with Crippen molar-refractivity contribution in [1.29, 1.82) is 0 Å². The summed E-state index contributed by atoms with van der Waals surface area (Å²) in [4.78, 5) is 15.0. The third-order valence-electron chi connectivity index (χ3n) is 5.47. The van der Waals surface area contributed by atoms with Crippen LogP contribution in [0.15, 0.2) is 47.4 Å². The van der Waals surface area contributed by atoms with Crippen LogP contribution in [0.25, 0.3) is 0 Å². The minimum Gasteiger partial charge on any atom is -0.497 e. The van der Waals surface area contributed by atoms with E-state index < -0.39 is 15.9 Å². The summed E-state index contributed by atoms with van der Waals surface area (Å²) in [6, 6.07) is 12.6. The fourth-order valence-electron chi connectivity index (χ4n) is 3.77. The highest BCUT2D eigenvalue weighted by atomic mass is 32.2. The first-order valence-corrected chi connectivity index (χ1v) is 11.0. The molecule has 2 aliphatic rings. The summed E-state index contributed by atoms with van der Waals surface area (Å²) in [5.41, 5.74) is 2.27. The van der Waals surface area contributed by atoms with Gasteiger partial charge >= 0.3 is 0 Å². The molecule has 0 bridgehead atoms. The zero-order valence-corrected chi connectivity index (χ0v) is 17.3. The van der Waals surface area contributed by atoms with Gasteiger partial charge in [0.25, 0.3) is 15.9 Å². The van der Waals surface area contributed by atoms with E-state index in [2.05, 4.69) is 11.0 Å². The average molecular weight is 416 g/mol. The van der Waals surface area contributed by atoms with Crippen LogP contribution in [0.3, 0.4) is 0 Å². The number of sulfonamides is 1. The summed E-state index contributed by atoms with van der Waals surface area (Å²) in [5.74, 6) is -0.224. The Balaban J connectivity index is 1.57. The molecular formula is C21H24N2O5S. The van der Waals surface area contributed by atoms with Gasteiger partial charge in [0, 0.05) is 31.4 Å². The Morgan fingerprint density at radius 3 is 2.62 bits per heavy atom. The van der Waals surface area contributed by atoms with Crippen LogP contribution in [0.5, 0.6) is 5.75 Å².